The predicted octanol–water partition coefficient (Wildman–Crippen LogP) is 4.75. The fourth-order valence-corrected chi connectivity index (χ4v) is 5.49. The first-order valence-corrected chi connectivity index (χ1v) is 9.82. The minimum Gasteiger partial charge on any atom is -0.494 e. The van der Waals surface area contributed by atoms with E-state index in [1.54, 1.807) is 0 Å². The fourth-order valence-electron chi connectivity index (χ4n) is 2.49. The first kappa shape index (κ1) is 15.4. The molecule has 0 fully saturated rings. The van der Waals surface area contributed by atoms with E-state index in [1.165, 1.54) is 27.5 Å². The molecule has 1 aliphatic heterocycles. The van der Waals surface area contributed by atoms with Crippen LogP contribution in [-0.2, 0) is 12.2 Å². The predicted molar refractivity (Wildman–Crippen MR) is 95.5 cm³/mol. The summed E-state index contributed by atoms with van der Waals surface area (Å²) in [6, 6.07) is 8.28. The van der Waals surface area contributed by atoms with Crippen LogP contribution in [-0.4, -0.2) is 12.4 Å². The standard InChI is InChI=1S/C16H18BrNOS2/c1-2-19-11-3-4-12(13(17)8-11)16(18)15-7-10-9-20-6-5-14(10)21-15/h3-4,7-8,16H,2,5-6,9,18H2,1H3. The number of hydrogen-bond donors (Lipinski definition) is 1. The van der Waals surface area contributed by atoms with Gasteiger partial charge < -0.3 is 10.5 Å². The lowest BCUT2D eigenvalue weighted by atomic mass is 10.1. The van der Waals surface area contributed by atoms with Crippen LogP contribution < -0.4 is 10.5 Å². The minimum atomic E-state index is -0.0735. The topological polar surface area (TPSA) is 35.2 Å². The van der Waals surface area contributed by atoms with Gasteiger partial charge >= 0.3 is 0 Å². The molecule has 0 saturated heterocycles. The Labute approximate surface area is 142 Å². The highest BCUT2D eigenvalue weighted by molar-refractivity contribution is 9.10. The van der Waals surface area contributed by atoms with Gasteiger partial charge in [0.25, 0.3) is 0 Å². The molecular weight excluding hydrogens is 366 g/mol. The van der Waals surface area contributed by atoms with Gasteiger partial charge in [-0.1, -0.05) is 22.0 Å². The molecule has 0 saturated carbocycles. The van der Waals surface area contributed by atoms with Crippen molar-refractivity contribution in [1.82, 2.24) is 0 Å². The van der Waals surface area contributed by atoms with Crippen molar-refractivity contribution in [2.24, 2.45) is 5.73 Å². The molecule has 2 N–H and O–H groups in total. The largest absolute Gasteiger partial charge is 0.494 e. The molecule has 3 rings (SSSR count). The molecule has 2 nitrogen and oxygen atoms in total. The summed E-state index contributed by atoms with van der Waals surface area (Å²) in [4.78, 5) is 2.77. The van der Waals surface area contributed by atoms with Gasteiger partial charge in [-0.15, -0.1) is 11.3 Å². The number of halogens is 1. The van der Waals surface area contributed by atoms with E-state index in [4.69, 9.17) is 10.5 Å². The van der Waals surface area contributed by atoms with E-state index >= 15 is 0 Å². The molecule has 1 aliphatic rings. The Morgan fingerprint density at radius 1 is 1.38 bits per heavy atom. The molecule has 5 heteroatoms. The van der Waals surface area contributed by atoms with E-state index in [0.717, 1.165) is 21.5 Å². The molecule has 2 heterocycles. The SMILES string of the molecule is CCOc1ccc(C(N)c2cc3c(s2)CCSC3)c(Br)c1. The Morgan fingerprint density at radius 2 is 2.24 bits per heavy atom. The van der Waals surface area contributed by atoms with Gasteiger partial charge in [-0.3, -0.25) is 0 Å². The normalized spacial score (nSPS) is 15.6. The van der Waals surface area contributed by atoms with Crippen LogP contribution in [0.4, 0.5) is 0 Å². The molecule has 1 aromatic heterocycles. The molecule has 2 aromatic rings. The van der Waals surface area contributed by atoms with E-state index in [-0.39, 0.29) is 6.04 Å². The van der Waals surface area contributed by atoms with E-state index in [0.29, 0.717) is 6.61 Å². The van der Waals surface area contributed by atoms with Crippen molar-refractivity contribution in [1.29, 1.82) is 0 Å². The van der Waals surface area contributed by atoms with Crippen molar-refractivity contribution >= 4 is 39.0 Å². The van der Waals surface area contributed by atoms with Gasteiger partial charge in [0.1, 0.15) is 5.75 Å². The molecule has 1 unspecified atom stereocenters. The third kappa shape index (κ3) is 3.31. The summed E-state index contributed by atoms with van der Waals surface area (Å²) in [5.74, 6) is 3.24. The van der Waals surface area contributed by atoms with Crippen LogP contribution in [0.5, 0.6) is 5.75 Å². The highest BCUT2D eigenvalue weighted by Crippen LogP contribution is 2.37. The number of aryl methyl sites for hydroxylation is 1. The number of nitrogens with two attached hydrogens (primary N) is 1. The van der Waals surface area contributed by atoms with E-state index < -0.39 is 0 Å². The number of benzene rings is 1. The third-order valence-corrected chi connectivity index (χ3v) is 6.59. The molecule has 1 atom stereocenters. The first-order valence-electron chi connectivity index (χ1n) is 7.06. The fraction of sp³-hybridized carbons (Fsp3) is 0.375. The van der Waals surface area contributed by atoms with Crippen molar-refractivity contribution in [3.05, 3.63) is 49.6 Å². The second-order valence-corrected chi connectivity index (χ2v) is 8.12. The van der Waals surface area contributed by atoms with Crippen molar-refractivity contribution in [3.8, 4) is 5.75 Å². The number of rotatable bonds is 4. The highest BCUT2D eigenvalue weighted by Gasteiger charge is 2.19. The Bertz CT molecular complexity index is 618. The van der Waals surface area contributed by atoms with E-state index in [9.17, 15) is 0 Å². The van der Waals surface area contributed by atoms with Gasteiger partial charge in [-0.05, 0) is 48.4 Å². The summed E-state index contributed by atoms with van der Waals surface area (Å²) in [7, 11) is 0. The molecule has 21 heavy (non-hydrogen) atoms. The molecule has 0 radical (unpaired) electrons. The monoisotopic (exact) mass is 383 g/mol. The zero-order valence-electron chi connectivity index (χ0n) is 11.9. The number of ether oxygens (including phenoxy) is 1. The molecular formula is C16H18BrNOS2. The van der Waals surface area contributed by atoms with E-state index in [2.05, 4.69) is 28.1 Å². The molecule has 0 amide bonds. The molecule has 0 aliphatic carbocycles. The van der Waals surface area contributed by atoms with Gasteiger partial charge in [0, 0.05) is 20.0 Å². The number of hydrogen-bond acceptors (Lipinski definition) is 4. The second-order valence-electron chi connectivity index (χ2n) is 4.99. The zero-order valence-corrected chi connectivity index (χ0v) is 15.1. The van der Waals surface area contributed by atoms with Crippen LogP contribution in [0.15, 0.2) is 28.7 Å². The summed E-state index contributed by atoms with van der Waals surface area (Å²) >= 11 is 7.51. The maximum Gasteiger partial charge on any atom is 0.120 e. The maximum absolute atomic E-state index is 6.49. The summed E-state index contributed by atoms with van der Waals surface area (Å²) < 4.78 is 6.54. The van der Waals surface area contributed by atoms with Crippen LogP contribution in [0.2, 0.25) is 0 Å². The van der Waals surface area contributed by atoms with Crippen molar-refractivity contribution in [2.75, 3.05) is 12.4 Å². The lowest BCUT2D eigenvalue weighted by molar-refractivity contribution is 0.340. The molecule has 0 bridgehead atoms. The first-order chi connectivity index (χ1) is 10.2. The summed E-state index contributed by atoms with van der Waals surface area (Å²) in [5, 5.41) is 0. The number of thiophene rings is 1. The Hall–Kier alpha value is -0.490. The van der Waals surface area contributed by atoms with Crippen LogP contribution in [0.1, 0.15) is 33.8 Å². The van der Waals surface area contributed by atoms with Gasteiger partial charge in [-0.25, -0.2) is 0 Å². The Kier molecular flexibility index (Phi) is 4.94. The lowest BCUT2D eigenvalue weighted by Gasteiger charge is -2.13. The van der Waals surface area contributed by atoms with Crippen molar-refractivity contribution in [2.45, 2.75) is 25.1 Å². The van der Waals surface area contributed by atoms with Crippen molar-refractivity contribution in [3.63, 3.8) is 0 Å². The molecule has 112 valence electrons. The Morgan fingerprint density at radius 3 is 2.95 bits per heavy atom. The summed E-state index contributed by atoms with van der Waals surface area (Å²) in [6.07, 6.45) is 1.18. The van der Waals surface area contributed by atoms with Crippen molar-refractivity contribution < 1.29 is 4.74 Å². The number of thioether (sulfide) groups is 1. The average Bonchev–Trinajstić information content (AvgIpc) is 2.91. The minimum absolute atomic E-state index is 0.0735. The highest BCUT2D eigenvalue weighted by atomic mass is 79.9. The van der Waals surface area contributed by atoms with Gasteiger partial charge in [0.05, 0.1) is 12.6 Å². The molecule has 1 aromatic carbocycles. The van der Waals surface area contributed by atoms with Gasteiger partial charge in [0.2, 0.25) is 0 Å². The van der Waals surface area contributed by atoms with Gasteiger partial charge in [0.15, 0.2) is 0 Å². The quantitative estimate of drug-likeness (QED) is 0.827. The number of fused-ring (bicyclic) bond motifs is 1. The van der Waals surface area contributed by atoms with E-state index in [1.807, 2.05) is 42.2 Å². The zero-order chi connectivity index (χ0) is 14.8. The van der Waals surface area contributed by atoms with Gasteiger partial charge in [-0.2, -0.15) is 11.8 Å². The third-order valence-electron chi connectivity index (χ3n) is 3.57. The van der Waals surface area contributed by atoms with Crippen LogP contribution in [0, 0.1) is 0 Å². The maximum atomic E-state index is 6.49. The average molecular weight is 384 g/mol. The summed E-state index contributed by atoms with van der Waals surface area (Å²) in [5.41, 5.74) is 9.08. The lowest BCUT2D eigenvalue weighted by Crippen LogP contribution is -2.11. The smallest absolute Gasteiger partial charge is 0.120 e. The Balaban J connectivity index is 1.87. The van der Waals surface area contributed by atoms with Crippen LogP contribution in [0.25, 0.3) is 0 Å². The second kappa shape index (κ2) is 6.73. The van der Waals surface area contributed by atoms with Crippen LogP contribution in [0.3, 0.4) is 0 Å². The van der Waals surface area contributed by atoms with Crippen LogP contribution >= 0.6 is 39.0 Å². The molecule has 0 spiro atoms. The summed E-state index contributed by atoms with van der Waals surface area (Å²) in [6.45, 7) is 2.66.